The molecule has 20 heavy (non-hydrogen) atoms. The first-order chi connectivity index (χ1) is 9.38. The number of rotatable bonds is 4. The number of imidazole rings is 1. The predicted molar refractivity (Wildman–Crippen MR) is 63.7 cm³/mol. The number of carbonyl (C=O) groups excluding carboxylic acids is 1. The van der Waals surface area contributed by atoms with Crippen molar-refractivity contribution in [3.8, 4) is 0 Å². The fourth-order valence-electron chi connectivity index (χ4n) is 1.51. The summed E-state index contributed by atoms with van der Waals surface area (Å²) in [4.78, 5) is 21.2. The van der Waals surface area contributed by atoms with Crippen molar-refractivity contribution in [2.24, 2.45) is 5.73 Å². The van der Waals surface area contributed by atoms with Crippen molar-refractivity contribution in [1.29, 1.82) is 0 Å². The van der Waals surface area contributed by atoms with E-state index in [4.69, 9.17) is 5.73 Å². The van der Waals surface area contributed by atoms with E-state index >= 15 is 0 Å². The summed E-state index contributed by atoms with van der Waals surface area (Å²) in [6, 6.07) is 1.70. The highest BCUT2D eigenvalue weighted by Crippen LogP contribution is 2.29. The van der Waals surface area contributed by atoms with Gasteiger partial charge in [-0.1, -0.05) is 0 Å². The van der Waals surface area contributed by atoms with Crippen LogP contribution in [0.5, 0.6) is 0 Å². The van der Waals surface area contributed by atoms with Crippen LogP contribution < -0.4 is 11.1 Å². The fourth-order valence-corrected chi connectivity index (χ4v) is 1.51. The van der Waals surface area contributed by atoms with Gasteiger partial charge in [0.05, 0.1) is 12.1 Å². The zero-order chi connectivity index (χ0) is 14.8. The van der Waals surface area contributed by atoms with Crippen LogP contribution in [0.15, 0.2) is 24.5 Å². The standard InChI is InChI=1S/C11H10F3N5O/c12-11(13,14)7-2-1-6(9(15)20)10(19-7)18-5-8-16-3-4-17-8/h1-4H,5H2,(H2,15,20)(H,16,17)(H,18,19). The Hall–Kier alpha value is -2.58. The maximum atomic E-state index is 12.6. The Morgan fingerprint density at radius 3 is 2.70 bits per heavy atom. The topological polar surface area (TPSA) is 96.7 Å². The minimum Gasteiger partial charge on any atom is -0.365 e. The number of primary amides is 1. The van der Waals surface area contributed by atoms with E-state index in [-0.39, 0.29) is 17.9 Å². The van der Waals surface area contributed by atoms with Crippen LogP contribution in [0.3, 0.4) is 0 Å². The lowest BCUT2D eigenvalue weighted by Gasteiger charge is -2.11. The number of aromatic amines is 1. The highest BCUT2D eigenvalue weighted by Gasteiger charge is 2.33. The first-order valence-electron chi connectivity index (χ1n) is 5.48. The third-order valence-corrected chi connectivity index (χ3v) is 2.43. The molecule has 2 aromatic heterocycles. The number of amides is 1. The third-order valence-electron chi connectivity index (χ3n) is 2.43. The number of halogens is 3. The summed E-state index contributed by atoms with van der Waals surface area (Å²) < 4.78 is 37.8. The minimum absolute atomic E-state index is 0.0849. The smallest absolute Gasteiger partial charge is 0.365 e. The van der Waals surface area contributed by atoms with Gasteiger partial charge in [0, 0.05) is 12.4 Å². The molecule has 0 spiro atoms. The molecule has 2 aromatic rings. The second-order valence-electron chi connectivity index (χ2n) is 3.84. The maximum Gasteiger partial charge on any atom is 0.433 e. The summed E-state index contributed by atoms with van der Waals surface area (Å²) in [6.45, 7) is 0.0849. The predicted octanol–water partition coefficient (Wildman–Crippen LogP) is 1.53. The molecule has 2 rings (SSSR count). The lowest BCUT2D eigenvalue weighted by atomic mass is 10.2. The minimum atomic E-state index is -4.60. The Morgan fingerprint density at radius 2 is 2.15 bits per heavy atom. The molecule has 0 aliphatic heterocycles. The van der Waals surface area contributed by atoms with Crippen molar-refractivity contribution in [1.82, 2.24) is 15.0 Å². The van der Waals surface area contributed by atoms with Crippen LogP contribution in [0.25, 0.3) is 0 Å². The molecule has 0 aliphatic carbocycles. The van der Waals surface area contributed by atoms with E-state index in [1.54, 1.807) is 6.20 Å². The molecule has 0 unspecified atom stereocenters. The quantitative estimate of drug-likeness (QED) is 0.793. The van der Waals surface area contributed by atoms with Crippen LogP contribution in [0.4, 0.5) is 19.0 Å². The average molecular weight is 285 g/mol. The molecule has 4 N–H and O–H groups in total. The number of anilines is 1. The van der Waals surface area contributed by atoms with Crippen molar-refractivity contribution in [3.05, 3.63) is 41.6 Å². The monoisotopic (exact) mass is 285 g/mol. The van der Waals surface area contributed by atoms with Crippen molar-refractivity contribution >= 4 is 11.7 Å². The molecule has 0 aliphatic rings. The normalized spacial score (nSPS) is 11.3. The second kappa shape index (κ2) is 5.19. The van der Waals surface area contributed by atoms with E-state index in [9.17, 15) is 18.0 Å². The fraction of sp³-hybridized carbons (Fsp3) is 0.182. The molecule has 0 saturated heterocycles. The van der Waals surface area contributed by atoms with Gasteiger partial charge in [0.2, 0.25) is 0 Å². The number of nitrogens with two attached hydrogens (primary N) is 1. The number of aromatic nitrogens is 3. The SMILES string of the molecule is NC(=O)c1ccc(C(F)(F)F)nc1NCc1ncc[nH]1. The molecule has 0 fully saturated rings. The van der Waals surface area contributed by atoms with Crippen molar-refractivity contribution in [3.63, 3.8) is 0 Å². The highest BCUT2D eigenvalue weighted by molar-refractivity contribution is 5.97. The van der Waals surface area contributed by atoms with Gasteiger partial charge in [0.1, 0.15) is 17.3 Å². The van der Waals surface area contributed by atoms with Crippen LogP contribution in [0.1, 0.15) is 21.9 Å². The van der Waals surface area contributed by atoms with E-state index in [1.807, 2.05) is 0 Å². The number of carbonyl (C=O) groups is 1. The zero-order valence-electron chi connectivity index (χ0n) is 10.0. The first-order valence-corrected chi connectivity index (χ1v) is 5.48. The molecular formula is C11H10F3N5O. The van der Waals surface area contributed by atoms with Crippen LogP contribution in [-0.4, -0.2) is 20.9 Å². The molecule has 6 nitrogen and oxygen atoms in total. The van der Waals surface area contributed by atoms with E-state index in [1.165, 1.54) is 6.20 Å². The summed E-state index contributed by atoms with van der Waals surface area (Å²) in [5, 5.41) is 2.60. The van der Waals surface area contributed by atoms with Gasteiger partial charge >= 0.3 is 6.18 Å². The second-order valence-corrected chi connectivity index (χ2v) is 3.84. The zero-order valence-corrected chi connectivity index (χ0v) is 10.0. The summed E-state index contributed by atoms with van der Waals surface area (Å²) >= 11 is 0. The van der Waals surface area contributed by atoms with Crippen molar-refractivity contribution < 1.29 is 18.0 Å². The summed E-state index contributed by atoms with van der Waals surface area (Å²) in [5.74, 6) is -0.614. The Bertz CT molecular complexity index is 609. The molecule has 1 amide bonds. The van der Waals surface area contributed by atoms with E-state index in [0.717, 1.165) is 6.07 Å². The van der Waals surface area contributed by atoms with Gasteiger partial charge < -0.3 is 16.0 Å². The lowest BCUT2D eigenvalue weighted by Crippen LogP contribution is -2.18. The largest absolute Gasteiger partial charge is 0.433 e. The lowest BCUT2D eigenvalue weighted by molar-refractivity contribution is -0.141. The number of H-pyrrole nitrogens is 1. The number of nitrogens with zero attached hydrogens (tertiary/aromatic N) is 2. The Labute approximate surface area is 111 Å². The molecule has 0 radical (unpaired) electrons. The van der Waals surface area contributed by atoms with E-state index in [0.29, 0.717) is 11.9 Å². The summed E-state index contributed by atoms with van der Waals surface area (Å²) in [6.07, 6.45) is -1.55. The Balaban J connectivity index is 2.29. The Kier molecular flexibility index (Phi) is 3.59. The van der Waals surface area contributed by atoms with Crippen LogP contribution >= 0.6 is 0 Å². The molecule has 0 aromatic carbocycles. The van der Waals surface area contributed by atoms with Crippen molar-refractivity contribution in [2.45, 2.75) is 12.7 Å². The van der Waals surface area contributed by atoms with Gasteiger partial charge in [-0.25, -0.2) is 9.97 Å². The van der Waals surface area contributed by atoms with Gasteiger partial charge in [0.25, 0.3) is 5.91 Å². The summed E-state index contributed by atoms with van der Waals surface area (Å²) in [5.41, 5.74) is 3.87. The van der Waals surface area contributed by atoms with Gasteiger partial charge in [-0.05, 0) is 12.1 Å². The van der Waals surface area contributed by atoms with Gasteiger partial charge in [-0.3, -0.25) is 4.79 Å². The maximum absolute atomic E-state index is 12.6. The molecule has 2 heterocycles. The van der Waals surface area contributed by atoms with Crippen molar-refractivity contribution in [2.75, 3.05) is 5.32 Å². The third kappa shape index (κ3) is 3.05. The number of alkyl halides is 3. The first kappa shape index (κ1) is 13.8. The van der Waals surface area contributed by atoms with E-state index in [2.05, 4.69) is 20.3 Å². The number of hydrogen-bond donors (Lipinski definition) is 3. The van der Waals surface area contributed by atoms with Gasteiger partial charge in [0.15, 0.2) is 0 Å². The number of pyridine rings is 1. The molecule has 0 bridgehead atoms. The molecular weight excluding hydrogens is 275 g/mol. The van der Waals surface area contributed by atoms with Crippen LogP contribution in [-0.2, 0) is 12.7 Å². The molecule has 0 atom stereocenters. The molecule has 9 heteroatoms. The van der Waals surface area contributed by atoms with E-state index < -0.39 is 17.8 Å². The highest BCUT2D eigenvalue weighted by atomic mass is 19.4. The summed E-state index contributed by atoms with van der Waals surface area (Å²) in [7, 11) is 0. The van der Waals surface area contributed by atoms with Gasteiger partial charge in [-0.15, -0.1) is 0 Å². The number of hydrogen-bond acceptors (Lipinski definition) is 4. The number of nitrogens with one attached hydrogen (secondary N) is 2. The molecule has 0 saturated carbocycles. The Morgan fingerprint density at radius 1 is 1.40 bits per heavy atom. The molecule has 106 valence electrons. The van der Waals surface area contributed by atoms with Crippen LogP contribution in [0.2, 0.25) is 0 Å². The van der Waals surface area contributed by atoms with Gasteiger partial charge in [-0.2, -0.15) is 13.2 Å². The van der Waals surface area contributed by atoms with Crippen LogP contribution in [0, 0.1) is 0 Å². The average Bonchev–Trinajstić information content (AvgIpc) is 2.87.